The summed E-state index contributed by atoms with van der Waals surface area (Å²) in [5.74, 6) is 0.769. The molecule has 0 aromatic heterocycles. The molecule has 1 N–H and O–H groups in total. The number of ether oxygens (including phenoxy) is 2. The molecule has 0 bridgehead atoms. The number of halogens is 1. The number of rotatable bonds is 2. The monoisotopic (exact) mass is 375 g/mol. The van der Waals surface area contributed by atoms with Crippen molar-refractivity contribution < 1.29 is 14.3 Å². The molecule has 0 saturated carbocycles. The number of amides is 1. The molecule has 23 heavy (non-hydrogen) atoms. The molecule has 1 aliphatic heterocycles. The molecule has 3 rings (SSSR count). The zero-order valence-corrected chi connectivity index (χ0v) is 14.3. The number of hydrogen-bond acceptors (Lipinski definition) is 3. The molecule has 1 saturated heterocycles. The summed E-state index contributed by atoms with van der Waals surface area (Å²) >= 11 is 3.31. The summed E-state index contributed by atoms with van der Waals surface area (Å²) in [7, 11) is 1.61. The van der Waals surface area contributed by atoms with E-state index in [9.17, 15) is 4.79 Å². The van der Waals surface area contributed by atoms with Gasteiger partial charge in [0.15, 0.2) is 0 Å². The van der Waals surface area contributed by atoms with Gasteiger partial charge >= 0.3 is 6.09 Å². The summed E-state index contributed by atoms with van der Waals surface area (Å²) in [5.41, 5.74) is 0.947. The SMILES string of the molecule is Brc1ccccc1.C#C.COc1cccc([C@H]2CNC(=O)O2)c1. The van der Waals surface area contributed by atoms with Gasteiger partial charge in [-0.05, 0) is 29.8 Å². The van der Waals surface area contributed by atoms with E-state index in [0.717, 1.165) is 15.8 Å². The molecule has 120 valence electrons. The third-order valence-electron chi connectivity index (χ3n) is 2.88. The van der Waals surface area contributed by atoms with Gasteiger partial charge in [-0.2, -0.15) is 0 Å². The Morgan fingerprint density at radius 2 is 1.87 bits per heavy atom. The molecule has 2 aromatic carbocycles. The molecule has 1 atom stereocenters. The van der Waals surface area contributed by atoms with Crippen LogP contribution in [0.1, 0.15) is 11.7 Å². The molecule has 1 aliphatic rings. The molecular weight excluding hydrogens is 358 g/mol. The van der Waals surface area contributed by atoms with E-state index in [1.54, 1.807) is 7.11 Å². The van der Waals surface area contributed by atoms with Crippen molar-refractivity contribution >= 4 is 22.0 Å². The van der Waals surface area contributed by atoms with Crippen LogP contribution in [-0.2, 0) is 4.74 Å². The van der Waals surface area contributed by atoms with E-state index >= 15 is 0 Å². The smallest absolute Gasteiger partial charge is 0.407 e. The Balaban J connectivity index is 0.000000247. The van der Waals surface area contributed by atoms with Gasteiger partial charge in [0, 0.05) is 4.47 Å². The third kappa shape index (κ3) is 6.45. The molecule has 5 heteroatoms. The van der Waals surface area contributed by atoms with Crippen molar-refractivity contribution in [3.63, 3.8) is 0 Å². The number of nitrogens with one attached hydrogen (secondary N) is 1. The van der Waals surface area contributed by atoms with Crippen molar-refractivity contribution in [1.29, 1.82) is 0 Å². The number of methoxy groups -OCH3 is 1. The molecule has 1 heterocycles. The highest BCUT2D eigenvalue weighted by molar-refractivity contribution is 9.10. The second-order valence-electron chi connectivity index (χ2n) is 4.35. The lowest BCUT2D eigenvalue weighted by molar-refractivity contribution is 0.141. The number of hydrogen-bond donors (Lipinski definition) is 1. The van der Waals surface area contributed by atoms with Crippen LogP contribution in [0.5, 0.6) is 5.75 Å². The van der Waals surface area contributed by atoms with Gasteiger partial charge in [0.25, 0.3) is 0 Å². The molecule has 1 amide bonds. The maximum atomic E-state index is 10.8. The van der Waals surface area contributed by atoms with Crippen LogP contribution in [0.25, 0.3) is 0 Å². The number of carbonyl (C=O) groups excluding carboxylic acids is 1. The molecule has 4 nitrogen and oxygen atoms in total. The molecule has 0 aliphatic carbocycles. The number of terminal acetylenes is 1. The molecule has 2 aromatic rings. The van der Waals surface area contributed by atoms with Crippen LogP contribution in [0.4, 0.5) is 4.79 Å². The first kappa shape index (κ1) is 18.6. The van der Waals surface area contributed by atoms with Gasteiger partial charge in [-0.15, -0.1) is 12.8 Å². The highest BCUT2D eigenvalue weighted by atomic mass is 79.9. The Kier molecular flexibility index (Phi) is 8.33. The van der Waals surface area contributed by atoms with Crippen molar-refractivity contribution in [2.45, 2.75) is 6.10 Å². The van der Waals surface area contributed by atoms with Crippen LogP contribution in [0.15, 0.2) is 59.1 Å². The Labute approximate surface area is 144 Å². The van der Waals surface area contributed by atoms with Crippen molar-refractivity contribution in [3.05, 3.63) is 64.6 Å². The summed E-state index contributed by atoms with van der Waals surface area (Å²) in [6.07, 6.45) is 7.44. The molecule has 0 radical (unpaired) electrons. The summed E-state index contributed by atoms with van der Waals surface area (Å²) in [6, 6.07) is 17.5. The normalized spacial score (nSPS) is 15.0. The highest BCUT2D eigenvalue weighted by Gasteiger charge is 2.24. The van der Waals surface area contributed by atoms with Gasteiger partial charge in [-0.25, -0.2) is 4.79 Å². The first-order valence-corrected chi connectivity index (χ1v) is 7.60. The summed E-state index contributed by atoms with van der Waals surface area (Å²) in [6.45, 7) is 0.520. The summed E-state index contributed by atoms with van der Waals surface area (Å²) < 4.78 is 11.3. The predicted molar refractivity (Wildman–Crippen MR) is 94.3 cm³/mol. The van der Waals surface area contributed by atoms with Gasteiger partial charge in [0.1, 0.15) is 11.9 Å². The van der Waals surface area contributed by atoms with E-state index < -0.39 is 0 Å². The highest BCUT2D eigenvalue weighted by Crippen LogP contribution is 2.23. The lowest BCUT2D eigenvalue weighted by Crippen LogP contribution is -2.12. The number of cyclic esters (lactones) is 1. The van der Waals surface area contributed by atoms with Gasteiger partial charge in [-0.3, -0.25) is 0 Å². The van der Waals surface area contributed by atoms with Crippen molar-refractivity contribution in [2.24, 2.45) is 0 Å². The van der Waals surface area contributed by atoms with Crippen molar-refractivity contribution in [2.75, 3.05) is 13.7 Å². The van der Waals surface area contributed by atoms with Crippen LogP contribution in [0.3, 0.4) is 0 Å². The summed E-state index contributed by atoms with van der Waals surface area (Å²) in [5, 5.41) is 2.60. The average molecular weight is 376 g/mol. The molecule has 1 fully saturated rings. The second kappa shape index (κ2) is 10.3. The van der Waals surface area contributed by atoms with Crippen molar-refractivity contribution in [1.82, 2.24) is 5.32 Å². The zero-order chi connectivity index (χ0) is 17.1. The van der Waals surface area contributed by atoms with Crippen LogP contribution >= 0.6 is 15.9 Å². The second-order valence-corrected chi connectivity index (χ2v) is 5.26. The number of benzene rings is 2. The number of carbonyl (C=O) groups is 1. The largest absolute Gasteiger partial charge is 0.497 e. The Morgan fingerprint density at radius 1 is 1.17 bits per heavy atom. The van der Waals surface area contributed by atoms with Gasteiger partial charge < -0.3 is 14.8 Å². The minimum absolute atomic E-state index is 0.197. The van der Waals surface area contributed by atoms with E-state index in [4.69, 9.17) is 9.47 Å². The van der Waals surface area contributed by atoms with E-state index in [2.05, 4.69) is 34.1 Å². The maximum Gasteiger partial charge on any atom is 0.407 e. The summed E-state index contributed by atoms with van der Waals surface area (Å²) in [4.78, 5) is 10.8. The van der Waals surface area contributed by atoms with Gasteiger partial charge in [0.2, 0.25) is 0 Å². The first-order chi connectivity index (χ1) is 11.2. The fourth-order valence-corrected chi connectivity index (χ4v) is 2.14. The van der Waals surface area contributed by atoms with Crippen molar-refractivity contribution in [3.8, 4) is 18.6 Å². The minimum Gasteiger partial charge on any atom is -0.497 e. The zero-order valence-electron chi connectivity index (χ0n) is 12.7. The van der Waals surface area contributed by atoms with E-state index in [0.29, 0.717) is 6.54 Å². The Hall–Kier alpha value is -2.45. The number of alkyl carbamates (subject to hydrolysis) is 1. The van der Waals surface area contributed by atoms with Crippen LogP contribution in [0, 0.1) is 12.8 Å². The van der Waals surface area contributed by atoms with Gasteiger partial charge in [-0.1, -0.05) is 46.3 Å². The lowest BCUT2D eigenvalue weighted by Gasteiger charge is -2.08. The first-order valence-electron chi connectivity index (χ1n) is 6.81. The van der Waals surface area contributed by atoms with E-state index in [1.165, 1.54) is 0 Å². The topological polar surface area (TPSA) is 47.6 Å². The molecule has 0 unspecified atom stereocenters. The van der Waals surface area contributed by atoms with Gasteiger partial charge in [0.05, 0.1) is 13.7 Å². The lowest BCUT2D eigenvalue weighted by atomic mass is 10.1. The Morgan fingerprint density at radius 3 is 2.35 bits per heavy atom. The maximum absolute atomic E-state index is 10.8. The fraction of sp³-hybridized carbons (Fsp3) is 0.167. The Bertz CT molecular complexity index is 628. The molecular formula is C18H18BrNO3. The standard InChI is InChI=1S/C10H11NO3.C6H5Br.C2H2/c1-13-8-4-2-3-7(5-8)9-6-11-10(12)14-9;7-6-4-2-1-3-5-6;1-2/h2-5,9H,6H2,1H3,(H,11,12);1-5H;1-2H/t9-;;/m1../s1. The quantitative estimate of drug-likeness (QED) is 0.801. The van der Waals surface area contributed by atoms with E-state index in [1.807, 2.05) is 54.6 Å². The van der Waals surface area contributed by atoms with Crippen LogP contribution in [-0.4, -0.2) is 19.7 Å². The minimum atomic E-state index is -0.363. The fourth-order valence-electron chi connectivity index (χ4n) is 1.83. The van der Waals surface area contributed by atoms with E-state index in [-0.39, 0.29) is 12.2 Å². The van der Waals surface area contributed by atoms with Crippen LogP contribution in [0.2, 0.25) is 0 Å². The molecule has 0 spiro atoms. The average Bonchev–Trinajstić information content (AvgIpc) is 3.04. The predicted octanol–water partition coefficient (Wildman–Crippen LogP) is 4.17. The van der Waals surface area contributed by atoms with Crippen LogP contribution < -0.4 is 10.1 Å². The third-order valence-corrected chi connectivity index (χ3v) is 3.41.